The van der Waals surface area contributed by atoms with Crippen molar-refractivity contribution >= 4 is 0 Å². The highest BCUT2D eigenvalue weighted by Crippen LogP contribution is 2.45. The Morgan fingerprint density at radius 2 is 1.77 bits per heavy atom. The molecule has 0 aliphatic heterocycles. The van der Waals surface area contributed by atoms with E-state index in [1.807, 2.05) is 0 Å². The van der Waals surface area contributed by atoms with Gasteiger partial charge in [-0.2, -0.15) is 0 Å². The topological polar surface area (TPSA) is 29.5 Å². The Labute approximate surface area is 80.3 Å². The van der Waals surface area contributed by atoms with Crippen molar-refractivity contribution in [3.8, 4) is 0 Å². The van der Waals surface area contributed by atoms with Gasteiger partial charge in [-0.15, -0.1) is 0 Å². The molecule has 2 aliphatic rings. The fourth-order valence-corrected chi connectivity index (χ4v) is 2.87. The van der Waals surface area contributed by atoms with Crippen molar-refractivity contribution in [3.63, 3.8) is 0 Å². The SMILES string of the molecule is COC1CC(O)(C2CCCCC2)C1. The summed E-state index contributed by atoms with van der Waals surface area (Å²) in [6.45, 7) is 0. The van der Waals surface area contributed by atoms with Crippen LogP contribution in [-0.4, -0.2) is 23.9 Å². The Hall–Kier alpha value is -0.0800. The van der Waals surface area contributed by atoms with Crippen molar-refractivity contribution in [2.45, 2.75) is 56.7 Å². The lowest BCUT2D eigenvalue weighted by Crippen LogP contribution is -2.53. The molecule has 0 aromatic heterocycles. The van der Waals surface area contributed by atoms with Gasteiger partial charge in [0.15, 0.2) is 0 Å². The van der Waals surface area contributed by atoms with E-state index in [1.165, 1.54) is 32.1 Å². The summed E-state index contributed by atoms with van der Waals surface area (Å²) < 4.78 is 5.21. The summed E-state index contributed by atoms with van der Waals surface area (Å²) in [4.78, 5) is 0. The number of rotatable bonds is 2. The third kappa shape index (κ3) is 1.75. The van der Waals surface area contributed by atoms with Crippen LogP contribution in [0, 0.1) is 5.92 Å². The van der Waals surface area contributed by atoms with Crippen LogP contribution < -0.4 is 0 Å². The van der Waals surface area contributed by atoms with E-state index >= 15 is 0 Å². The highest BCUT2D eigenvalue weighted by atomic mass is 16.5. The Kier molecular flexibility index (Phi) is 2.61. The monoisotopic (exact) mass is 184 g/mol. The van der Waals surface area contributed by atoms with E-state index in [0.29, 0.717) is 12.0 Å². The van der Waals surface area contributed by atoms with E-state index < -0.39 is 0 Å². The second kappa shape index (κ2) is 3.58. The second-order valence-corrected chi connectivity index (χ2v) is 4.70. The van der Waals surface area contributed by atoms with Crippen molar-refractivity contribution in [2.24, 2.45) is 5.92 Å². The average molecular weight is 184 g/mol. The van der Waals surface area contributed by atoms with E-state index in [9.17, 15) is 5.11 Å². The molecule has 0 bridgehead atoms. The minimum Gasteiger partial charge on any atom is -0.389 e. The molecule has 0 spiro atoms. The molecule has 0 radical (unpaired) electrons. The van der Waals surface area contributed by atoms with Crippen LogP contribution in [0.5, 0.6) is 0 Å². The van der Waals surface area contributed by atoms with Gasteiger partial charge in [0.05, 0.1) is 11.7 Å². The van der Waals surface area contributed by atoms with Gasteiger partial charge in [0, 0.05) is 20.0 Å². The number of aliphatic hydroxyl groups is 1. The molecule has 2 heteroatoms. The molecule has 0 atom stereocenters. The summed E-state index contributed by atoms with van der Waals surface area (Å²) in [5.41, 5.74) is -0.360. The van der Waals surface area contributed by atoms with Crippen LogP contribution in [-0.2, 0) is 4.74 Å². The van der Waals surface area contributed by atoms with Gasteiger partial charge in [0.25, 0.3) is 0 Å². The maximum absolute atomic E-state index is 10.3. The predicted molar refractivity (Wildman–Crippen MR) is 51.6 cm³/mol. The normalized spacial score (nSPS) is 41.5. The quantitative estimate of drug-likeness (QED) is 0.712. The largest absolute Gasteiger partial charge is 0.389 e. The molecule has 2 rings (SSSR count). The molecule has 2 fully saturated rings. The minimum absolute atomic E-state index is 0.326. The van der Waals surface area contributed by atoms with Crippen molar-refractivity contribution in [2.75, 3.05) is 7.11 Å². The van der Waals surface area contributed by atoms with E-state index in [2.05, 4.69) is 0 Å². The third-order valence-electron chi connectivity index (χ3n) is 3.86. The fraction of sp³-hybridized carbons (Fsp3) is 1.00. The number of hydrogen-bond donors (Lipinski definition) is 1. The first kappa shape index (κ1) is 9.47. The van der Waals surface area contributed by atoms with E-state index in [0.717, 1.165) is 12.8 Å². The third-order valence-corrected chi connectivity index (χ3v) is 3.86. The zero-order valence-corrected chi connectivity index (χ0v) is 8.46. The standard InChI is InChI=1S/C11H20O2/c1-13-10-7-11(12,8-10)9-5-3-2-4-6-9/h9-10,12H,2-8H2,1H3. The van der Waals surface area contributed by atoms with Crippen LogP contribution in [0.3, 0.4) is 0 Å². The van der Waals surface area contributed by atoms with Crippen LogP contribution in [0.1, 0.15) is 44.9 Å². The van der Waals surface area contributed by atoms with Crippen molar-refractivity contribution in [3.05, 3.63) is 0 Å². The predicted octanol–water partition coefficient (Wildman–Crippen LogP) is 2.11. The average Bonchev–Trinajstić information content (AvgIpc) is 2.14. The molecule has 76 valence electrons. The highest BCUT2D eigenvalue weighted by Gasteiger charge is 2.48. The number of hydrogen-bond acceptors (Lipinski definition) is 2. The van der Waals surface area contributed by atoms with Gasteiger partial charge < -0.3 is 9.84 Å². The van der Waals surface area contributed by atoms with Crippen molar-refractivity contribution in [1.82, 2.24) is 0 Å². The lowest BCUT2D eigenvalue weighted by Gasteiger charge is -2.49. The van der Waals surface area contributed by atoms with Gasteiger partial charge in [-0.25, -0.2) is 0 Å². The first-order valence-corrected chi connectivity index (χ1v) is 5.50. The van der Waals surface area contributed by atoms with E-state index in [1.54, 1.807) is 7.11 Å². The molecule has 2 nitrogen and oxygen atoms in total. The van der Waals surface area contributed by atoms with Crippen LogP contribution >= 0.6 is 0 Å². The molecule has 0 aromatic carbocycles. The summed E-state index contributed by atoms with van der Waals surface area (Å²) in [5.74, 6) is 0.563. The van der Waals surface area contributed by atoms with Gasteiger partial charge in [0.1, 0.15) is 0 Å². The van der Waals surface area contributed by atoms with Gasteiger partial charge in [-0.1, -0.05) is 19.3 Å². The molecule has 0 aromatic rings. The molecular weight excluding hydrogens is 164 g/mol. The minimum atomic E-state index is -0.360. The summed E-state index contributed by atoms with van der Waals surface area (Å²) in [6.07, 6.45) is 8.50. The smallest absolute Gasteiger partial charge is 0.0725 e. The van der Waals surface area contributed by atoms with Gasteiger partial charge in [-0.05, 0) is 18.8 Å². The summed E-state index contributed by atoms with van der Waals surface area (Å²) in [7, 11) is 1.74. The summed E-state index contributed by atoms with van der Waals surface area (Å²) in [6, 6.07) is 0. The summed E-state index contributed by atoms with van der Waals surface area (Å²) in [5, 5.41) is 10.3. The molecule has 2 saturated carbocycles. The highest BCUT2D eigenvalue weighted by molar-refractivity contribution is 5.00. The second-order valence-electron chi connectivity index (χ2n) is 4.70. The molecule has 13 heavy (non-hydrogen) atoms. The lowest BCUT2D eigenvalue weighted by atomic mass is 9.65. The maximum atomic E-state index is 10.3. The van der Waals surface area contributed by atoms with E-state index in [4.69, 9.17) is 4.74 Å². The van der Waals surface area contributed by atoms with Crippen LogP contribution in [0.25, 0.3) is 0 Å². The van der Waals surface area contributed by atoms with Gasteiger partial charge >= 0.3 is 0 Å². The zero-order valence-electron chi connectivity index (χ0n) is 8.46. The molecule has 0 saturated heterocycles. The molecule has 0 unspecified atom stereocenters. The fourth-order valence-electron chi connectivity index (χ4n) is 2.87. The van der Waals surface area contributed by atoms with Crippen molar-refractivity contribution in [1.29, 1.82) is 0 Å². The Morgan fingerprint density at radius 3 is 2.31 bits per heavy atom. The van der Waals surface area contributed by atoms with Gasteiger partial charge in [0.2, 0.25) is 0 Å². The van der Waals surface area contributed by atoms with Crippen molar-refractivity contribution < 1.29 is 9.84 Å². The Morgan fingerprint density at radius 1 is 1.15 bits per heavy atom. The first-order chi connectivity index (χ1) is 6.24. The first-order valence-electron chi connectivity index (χ1n) is 5.50. The van der Waals surface area contributed by atoms with E-state index in [-0.39, 0.29) is 5.60 Å². The Balaban J connectivity index is 1.86. The maximum Gasteiger partial charge on any atom is 0.0725 e. The zero-order chi connectivity index (χ0) is 9.31. The van der Waals surface area contributed by atoms with Crippen LogP contribution in [0.15, 0.2) is 0 Å². The Bertz CT molecular complexity index is 167. The molecular formula is C11H20O2. The molecule has 2 aliphatic carbocycles. The summed E-state index contributed by atoms with van der Waals surface area (Å²) >= 11 is 0. The molecule has 1 N–H and O–H groups in total. The van der Waals surface area contributed by atoms with Gasteiger partial charge in [-0.3, -0.25) is 0 Å². The number of methoxy groups -OCH3 is 1. The number of ether oxygens (including phenoxy) is 1. The van der Waals surface area contributed by atoms with Crippen LogP contribution in [0.2, 0.25) is 0 Å². The van der Waals surface area contributed by atoms with Crippen LogP contribution in [0.4, 0.5) is 0 Å². The molecule has 0 heterocycles. The lowest BCUT2D eigenvalue weighted by molar-refractivity contribution is -0.164. The molecule has 0 amide bonds.